The Balaban J connectivity index is 2.25. The van der Waals surface area contributed by atoms with Crippen LogP contribution in [-0.2, 0) is 0 Å². The van der Waals surface area contributed by atoms with Gasteiger partial charge in [-0.05, 0) is 33.5 Å². The van der Waals surface area contributed by atoms with E-state index in [0.717, 1.165) is 6.54 Å². The Morgan fingerprint density at radius 3 is 2.10 bits per heavy atom. The topological polar surface area (TPSA) is 21.8 Å². The molecule has 0 aromatic carbocycles. The molecule has 1 aliphatic heterocycles. The van der Waals surface area contributed by atoms with Crippen molar-refractivity contribution >= 4 is 0 Å². The predicted octanol–water partition coefficient (Wildman–Crippen LogP) is 1.19. The number of piperazine rings is 1. The smallest absolute Gasteiger partial charge is 0.0113 e. The average Bonchev–Trinajstić information content (AvgIpc) is 2.42. The van der Waals surface area contributed by atoms with E-state index < -0.39 is 0 Å². The van der Waals surface area contributed by atoms with Crippen LogP contribution in [0.3, 0.4) is 0 Å². The van der Waals surface area contributed by atoms with Crippen molar-refractivity contribution in [2.45, 2.75) is 39.8 Å². The van der Waals surface area contributed by atoms with Crippen molar-refractivity contribution in [2.75, 3.05) is 59.9 Å². The molecule has 0 spiro atoms. The summed E-state index contributed by atoms with van der Waals surface area (Å²) in [5.41, 5.74) is 0. The molecule has 2 atom stereocenters. The fourth-order valence-corrected chi connectivity index (χ4v) is 2.69. The predicted molar refractivity (Wildman–Crippen MR) is 88.3 cm³/mol. The van der Waals surface area contributed by atoms with Gasteiger partial charge in [-0.3, -0.25) is 9.80 Å². The van der Waals surface area contributed by atoms with Gasteiger partial charge < -0.3 is 10.2 Å². The number of rotatable bonds is 8. The van der Waals surface area contributed by atoms with Crippen LogP contribution in [0.4, 0.5) is 0 Å². The maximum absolute atomic E-state index is 3.56. The monoisotopic (exact) mass is 284 g/mol. The van der Waals surface area contributed by atoms with E-state index in [2.05, 4.69) is 61.8 Å². The maximum atomic E-state index is 3.56. The molecular weight excluding hydrogens is 248 g/mol. The third-order valence-corrected chi connectivity index (χ3v) is 4.52. The SMILES string of the molecule is CC(C)NCC(C)C(C)N1CCN(CCN(C)C)CC1. The fraction of sp³-hybridized carbons (Fsp3) is 1.00. The number of nitrogens with one attached hydrogen (secondary N) is 1. The van der Waals surface area contributed by atoms with Crippen LogP contribution in [0.2, 0.25) is 0 Å². The van der Waals surface area contributed by atoms with Gasteiger partial charge in [0.25, 0.3) is 0 Å². The molecule has 1 N–H and O–H groups in total. The summed E-state index contributed by atoms with van der Waals surface area (Å²) in [7, 11) is 4.31. The van der Waals surface area contributed by atoms with Crippen molar-refractivity contribution in [1.82, 2.24) is 20.0 Å². The number of hydrogen-bond acceptors (Lipinski definition) is 4. The second-order valence-corrected chi connectivity index (χ2v) is 6.96. The van der Waals surface area contributed by atoms with Crippen LogP contribution < -0.4 is 5.32 Å². The normalized spacial score (nSPS) is 21.6. The van der Waals surface area contributed by atoms with Gasteiger partial charge in [0.1, 0.15) is 0 Å². The fourth-order valence-electron chi connectivity index (χ4n) is 2.69. The maximum Gasteiger partial charge on any atom is 0.0113 e. The number of nitrogens with zero attached hydrogens (tertiary/aromatic N) is 3. The van der Waals surface area contributed by atoms with E-state index in [1.54, 1.807) is 0 Å². The Morgan fingerprint density at radius 2 is 1.60 bits per heavy atom. The highest BCUT2D eigenvalue weighted by atomic mass is 15.3. The van der Waals surface area contributed by atoms with Gasteiger partial charge in [-0.25, -0.2) is 0 Å². The first kappa shape index (κ1) is 17.9. The third-order valence-electron chi connectivity index (χ3n) is 4.52. The molecule has 120 valence electrons. The lowest BCUT2D eigenvalue weighted by molar-refractivity contribution is 0.0768. The summed E-state index contributed by atoms with van der Waals surface area (Å²) in [6, 6.07) is 1.27. The lowest BCUT2D eigenvalue weighted by Gasteiger charge is -2.40. The molecule has 0 amide bonds. The zero-order valence-electron chi connectivity index (χ0n) is 14.5. The molecular formula is C16H36N4. The molecule has 1 rings (SSSR count). The van der Waals surface area contributed by atoms with Gasteiger partial charge in [0.2, 0.25) is 0 Å². The van der Waals surface area contributed by atoms with Crippen LogP contribution in [0.1, 0.15) is 27.7 Å². The van der Waals surface area contributed by atoms with Gasteiger partial charge >= 0.3 is 0 Å². The van der Waals surface area contributed by atoms with Gasteiger partial charge in [0.05, 0.1) is 0 Å². The summed E-state index contributed by atoms with van der Waals surface area (Å²) in [6.45, 7) is 17.6. The highest BCUT2D eigenvalue weighted by molar-refractivity contribution is 4.80. The molecule has 1 aliphatic rings. The van der Waals surface area contributed by atoms with Crippen molar-refractivity contribution < 1.29 is 0 Å². The van der Waals surface area contributed by atoms with Crippen molar-refractivity contribution in [2.24, 2.45) is 5.92 Å². The van der Waals surface area contributed by atoms with E-state index >= 15 is 0 Å². The van der Waals surface area contributed by atoms with Crippen LogP contribution in [0.25, 0.3) is 0 Å². The average molecular weight is 284 g/mol. The summed E-state index contributed by atoms with van der Waals surface area (Å²) in [5, 5.41) is 3.56. The van der Waals surface area contributed by atoms with Crippen molar-refractivity contribution in [3.05, 3.63) is 0 Å². The first-order valence-electron chi connectivity index (χ1n) is 8.24. The van der Waals surface area contributed by atoms with Gasteiger partial charge in [0, 0.05) is 51.4 Å². The van der Waals surface area contributed by atoms with E-state index in [0.29, 0.717) is 18.0 Å². The van der Waals surface area contributed by atoms with Crippen molar-refractivity contribution in [1.29, 1.82) is 0 Å². The molecule has 0 radical (unpaired) electrons. The molecule has 0 aliphatic carbocycles. The minimum atomic E-state index is 0.590. The molecule has 20 heavy (non-hydrogen) atoms. The summed E-state index contributed by atoms with van der Waals surface area (Å²) < 4.78 is 0. The van der Waals surface area contributed by atoms with E-state index in [1.165, 1.54) is 39.3 Å². The first-order chi connectivity index (χ1) is 9.40. The van der Waals surface area contributed by atoms with Gasteiger partial charge in [0.15, 0.2) is 0 Å². The van der Waals surface area contributed by atoms with E-state index in [9.17, 15) is 0 Å². The van der Waals surface area contributed by atoms with Crippen molar-refractivity contribution in [3.8, 4) is 0 Å². The molecule has 1 fully saturated rings. The molecule has 0 bridgehead atoms. The molecule has 1 saturated heterocycles. The largest absolute Gasteiger partial charge is 0.314 e. The Morgan fingerprint density at radius 1 is 1.00 bits per heavy atom. The quantitative estimate of drug-likeness (QED) is 0.723. The molecule has 2 unspecified atom stereocenters. The number of hydrogen-bond donors (Lipinski definition) is 1. The van der Waals surface area contributed by atoms with Crippen LogP contribution in [0, 0.1) is 5.92 Å². The summed E-state index contributed by atoms with van der Waals surface area (Å²) in [6.07, 6.45) is 0. The molecule has 0 saturated carbocycles. The lowest BCUT2D eigenvalue weighted by atomic mass is 10.0. The van der Waals surface area contributed by atoms with Crippen LogP contribution in [-0.4, -0.2) is 86.7 Å². The summed E-state index contributed by atoms with van der Waals surface area (Å²) >= 11 is 0. The van der Waals surface area contributed by atoms with E-state index in [-0.39, 0.29) is 0 Å². The molecule has 4 heteroatoms. The minimum absolute atomic E-state index is 0.590. The zero-order chi connectivity index (χ0) is 15.1. The second kappa shape index (κ2) is 8.98. The van der Waals surface area contributed by atoms with Crippen molar-refractivity contribution in [3.63, 3.8) is 0 Å². The molecule has 0 aromatic rings. The Bertz CT molecular complexity index is 247. The summed E-state index contributed by atoms with van der Waals surface area (Å²) in [5.74, 6) is 0.714. The van der Waals surface area contributed by atoms with Crippen LogP contribution in [0.5, 0.6) is 0 Å². The lowest BCUT2D eigenvalue weighted by Crippen LogP contribution is -2.53. The Kier molecular flexibility index (Phi) is 8.03. The molecule has 0 aromatic heterocycles. The van der Waals surface area contributed by atoms with Gasteiger partial charge in [-0.2, -0.15) is 0 Å². The third kappa shape index (κ3) is 6.53. The highest BCUT2D eigenvalue weighted by Gasteiger charge is 2.24. The molecule has 1 heterocycles. The van der Waals surface area contributed by atoms with Crippen LogP contribution in [0.15, 0.2) is 0 Å². The minimum Gasteiger partial charge on any atom is -0.314 e. The Labute approximate surface area is 126 Å². The second-order valence-electron chi connectivity index (χ2n) is 6.96. The standard InChI is InChI=1S/C16H36N4/c1-14(2)17-13-15(3)16(4)20-11-9-19(10-12-20)8-7-18(5)6/h14-17H,7-13H2,1-6H3. The Hall–Kier alpha value is -0.160. The van der Waals surface area contributed by atoms with Crippen LogP contribution >= 0.6 is 0 Å². The van der Waals surface area contributed by atoms with Gasteiger partial charge in [-0.1, -0.05) is 20.8 Å². The first-order valence-corrected chi connectivity index (χ1v) is 8.24. The van der Waals surface area contributed by atoms with Gasteiger partial charge in [-0.15, -0.1) is 0 Å². The highest BCUT2D eigenvalue weighted by Crippen LogP contribution is 2.13. The van der Waals surface area contributed by atoms with E-state index in [4.69, 9.17) is 0 Å². The number of likely N-dealkylation sites (N-methyl/N-ethyl adjacent to an activating group) is 1. The summed E-state index contributed by atoms with van der Waals surface area (Å²) in [4.78, 5) is 7.54. The molecule has 4 nitrogen and oxygen atoms in total. The van der Waals surface area contributed by atoms with E-state index in [1.807, 2.05) is 0 Å². The zero-order valence-corrected chi connectivity index (χ0v) is 14.5.